The number of aliphatic hydroxyl groups excluding tert-OH is 2. The standard InChI is InChI=1S/C12H17N5O12P4/c13-4-12(8-2-1-6-11(14)15-5-16-17(6)8)10(19)9(18)7(27-12)3-30-33(25,26)29-32(23,24)28-31(20,21)22/h1-2,5,7,9-10,18-19,30H,3H2,(H,23,24)(H,25,26)(H2,14,15,16)(H2,20,21,22)/t7-,9-,10-,12+/m1/s1. The molecule has 21 heteroatoms. The first kappa shape index (κ1) is 26.3. The average Bonchev–Trinajstić information content (AvgIpc) is 3.20. The second-order valence-electron chi connectivity index (χ2n) is 6.61. The molecule has 1 fully saturated rings. The number of nitrogens with two attached hydrogens (primary N) is 1. The van der Waals surface area contributed by atoms with Gasteiger partial charge in [0, 0.05) is 14.4 Å². The largest absolute Gasteiger partial charge is 0.488 e. The SMILES string of the molecule is N#C[C@@]1(c2ccc3c(N)ncnn23)O[C@H](CPP(=O)(O)OP(=O)(O)OP(=O)(O)O)[C@@H](O)[C@H]1O. The lowest BCUT2D eigenvalue weighted by Gasteiger charge is -2.24. The Kier molecular flexibility index (Phi) is 7.19. The predicted octanol–water partition coefficient (Wildman–Crippen LogP) is -0.844. The first-order chi connectivity index (χ1) is 15.1. The summed E-state index contributed by atoms with van der Waals surface area (Å²) in [5.41, 5.74) is 3.81. The molecule has 3 heterocycles. The van der Waals surface area contributed by atoms with E-state index < -0.39 is 61.3 Å². The van der Waals surface area contributed by atoms with Crippen LogP contribution in [0, 0.1) is 11.3 Å². The number of nitriles is 1. The van der Waals surface area contributed by atoms with Gasteiger partial charge in [-0.05, 0) is 12.1 Å². The lowest BCUT2D eigenvalue weighted by Crippen LogP contribution is -2.40. The van der Waals surface area contributed by atoms with Crippen molar-refractivity contribution >= 4 is 42.5 Å². The fourth-order valence-electron chi connectivity index (χ4n) is 3.10. The van der Waals surface area contributed by atoms with Crippen molar-refractivity contribution in [3.05, 3.63) is 24.2 Å². The molecule has 1 saturated heterocycles. The van der Waals surface area contributed by atoms with Crippen LogP contribution >= 0.6 is 31.2 Å². The molecule has 0 aromatic carbocycles. The Balaban J connectivity index is 1.80. The third kappa shape index (κ3) is 5.51. The van der Waals surface area contributed by atoms with E-state index in [4.69, 9.17) is 20.3 Å². The summed E-state index contributed by atoms with van der Waals surface area (Å²) >= 11 is 0. The van der Waals surface area contributed by atoms with Crippen molar-refractivity contribution in [1.82, 2.24) is 14.6 Å². The van der Waals surface area contributed by atoms with Crippen LogP contribution in [0.25, 0.3) is 5.52 Å². The van der Waals surface area contributed by atoms with Gasteiger partial charge in [-0.2, -0.15) is 14.7 Å². The van der Waals surface area contributed by atoms with E-state index >= 15 is 0 Å². The van der Waals surface area contributed by atoms with Crippen molar-refractivity contribution in [2.75, 3.05) is 11.9 Å². The molecule has 1 aliphatic rings. The van der Waals surface area contributed by atoms with Crippen molar-refractivity contribution in [2.24, 2.45) is 0 Å². The van der Waals surface area contributed by atoms with Crippen molar-refractivity contribution in [2.45, 2.75) is 23.9 Å². The van der Waals surface area contributed by atoms with Gasteiger partial charge in [0.05, 0.1) is 11.8 Å². The number of ether oxygens (including phenoxy) is 1. The van der Waals surface area contributed by atoms with Crippen molar-refractivity contribution < 1.29 is 56.8 Å². The molecular weight excluding hydrogens is 530 g/mol. The zero-order valence-corrected chi connectivity index (χ0v) is 19.7. The maximum Gasteiger partial charge on any atom is 0.488 e. The number of aromatic nitrogens is 3. The number of phosphoric acid groups is 2. The first-order valence-corrected chi connectivity index (χ1v) is 15.2. The van der Waals surface area contributed by atoms with Gasteiger partial charge in [-0.3, -0.25) is 4.57 Å². The Labute approximate surface area is 185 Å². The number of fused-ring (bicyclic) bond motifs is 1. The van der Waals surface area contributed by atoms with Gasteiger partial charge < -0.3 is 40.3 Å². The molecule has 3 rings (SSSR count). The van der Waals surface area contributed by atoms with Crippen molar-refractivity contribution in [3.63, 3.8) is 0 Å². The minimum Gasteiger partial charge on any atom is -0.388 e. The van der Waals surface area contributed by atoms with Gasteiger partial charge in [-0.15, -0.1) is 0 Å². The fourth-order valence-corrected chi connectivity index (χ4v) is 9.33. The van der Waals surface area contributed by atoms with Crippen molar-refractivity contribution in [3.8, 4) is 6.07 Å². The summed E-state index contributed by atoms with van der Waals surface area (Å²) in [4.78, 5) is 39.9. The Hall–Kier alpha value is -1.33. The molecule has 0 aliphatic carbocycles. The Morgan fingerprint density at radius 1 is 1.24 bits per heavy atom. The Morgan fingerprint density at radius 3 is 2.52 bits per heavy atom. The van der Waals surface area contributed by atoms with Crippen LogP contribution in [0.4, 0.5) is 5.82 Å². The van der Waals surface area contributed by atoms with Crippen LogP contribution in [0.15, 0.2) is 18.5 Å². The summed E-state index contributed by atoms with van der Waals surface area (Å²) < 4.78 is 48.5. The number of rotatable bonds is 8. The summed E-state index contributed by atoms with van der Waals surface area (Å²) in [5.74, 6) is 0.0553. The van der Waals surface area contributed by atoms with Crippen LogP contribution in [-0.4, -0.2) is 68.9 Å². The van der Waals surface area contributed by atoms with E-state index in [1.165, 1.54) is 12.1 Å². The van der Waals surface area contributed by atoms with Gasteiger partial charge in [0.1, 0.15) is 30.1 Å². The highest BCUT2D eigenvalue weighted by Crippen LogP contribution is 2.73. The molecule has 33 heavy (non-hydrogen) atoms. The van der Waals surface area contributed by atoms with Gasteiger partial charge in [-0.25, -0.2) is 22.9 Å². The summed E-state index contributed by atoms with van der Waals surface area (Å²) in [7, 11) is -17.4. The summed E-state index contributed by atoms with van der Waals surface area (Å²) in [6, 6.07) is 4.55. The second kappa shape index (κ2) is 9.03. The molecule has 17 nitrogen and oxygen atoms in total. The van der Waals surface area contributed by atoms with Gasteiger partial charge >= 0.3 is 22.9 Å². The van der Waals surface area contributed by atoms with Crippen LogP contribution < -0.4 is 5.73 Å². The third-order valence-electron chi connectivity index (χ3n) is 4.40. The zero-order valence-electron chi connectivity index (χ0n) is 16.0. The summed E-state index contributed by atoms with van der Waals surface area (Å²) in [6.45, 7) is 0. The number of aliphatic hydroxyl groups is 2. The molecule has 0 radical (unpaired) electrons. The Morgan fingerprint density at radius 2 is 1.91 bits per heavy atom. The quantitative estimate of drug-likeness (QED) is 0.198. The van der Waals surface area contributed by atoms with Crippen LogP contribution in [0.1, 0.15) is 5.69 Å². The smallest absolute Gasteiger partial charge is 0.388 e. The highest BCUT2D eigenvalue weighted by molar-refractivity contribution is 8.20. The van der Waals surface area contributed by atoms with Crippen LogP contribution in [-0.2, 0) is 32.7 Å². The van der Waals surface area contributed by atoms with Crippen LogP contribution in [0.3, 0.4) is 0 Å². The molecule has 7 atom stereocenters. The molecule has 0 saturated carbocycles. The molecule has 0 spiro atoms. The maximum atomic E-state index is 12.1. The summed E-state index contributed by atoms with van der Waals surface area (Å²) in [5, 5.41) is 34.7. The van der Waals surface area contributed by atoms with E-state index in [-0.39, 0.29) is 17.0 Å². The molecule has 0 amide bonds. The van der Waals surface area contributed by atoms with Crippen LogP contribution in [0.2, 0.25) is 0 Å². The lowest BCUT2D eigenvalue weighted by atomic mass is 9.93. The van der Waals surface area contributed by atoms with E-state index in [9.17, 15) is 39.0 Å². The lowest BCUT2D eigenvalue weighted by molar-refractivity contribution is -0.0448. The first-order valence-electron chi connectivity index (χ1n) is 8.54. The van der Waals surface area contributed by atoms with E-state index in [0.717, 1.165) is 10.8 Å². The molecule has 2 aromatic heterocycles. The normalized spacial score (nSPS) is 29.8. The average molecular weight is 547 g/mol. The number of nitrogens with zero attached hydrogens (tertiary/aromatic N) is 4. The van der Waals surface area contributed by atoms with Crippen LogP contribution in [0.5, 0.6) is 0 Å². The number of nitrogen functional groups attached to an aromatic ring is 1. The van der Waals surface area contributed by atoms with E-state index in [1.54, 1.807) is 6.07 Å². The van der Waals surface area contributed by atoms with E-state index in [1.807, 2.05) is 0 Å². The zero-order chi connectivity index (χ0) is 24.8. The molecule has 2 aromatic rings. The number of hydrogen-bond donors (Lipinski definition) is 7. The Bertz CT molecular complexity index is 1240. The molecule has 3 unspecified atom stereocenters. The van der Waals surface area contributed by atoms with Crippen molar-refractivity contribution in [1.29, 1.82) is 5.26 Å². The van der Waals surface area contributed by atoms with E-state index in [2.05, 4.69) is 18.7 Å². The number of hydrogen-bond acceptors (Lipinski definition) is 12. The maximum absolute atomic E-state index is 12.1. The predicted molar refractivity (Wildman–Crippen MR) is 109 cm³/mol. The third-order valence-corrected chi connectivity index (χ3v) is 11.3. The minimum absolute atomic E-state index is 0.0233. The van der Waals surface area contributed by atoms with Gasteiger partial charge in [0.2, 0.25) is 5.60 Å². The second-order valence-corrected chi connectivity index (χ2v) is 14.2. The highest BCUT2D eigenvalue weighted by atomic mass is 32.1. The highest BCUT2D eigenvalue weighted by Gasteiger charge is 2.57. The fraction of sp³-hybridized carbons (Fsp3) is 0.417. The molecule has 182 valence electrons. The number of anilines is 1. The molecule has 1 aliphatic heterocycles. The van der Waals surface area contributed by atoms with E-state index in [0.29, 0.717) is 0 Å². The molecule has 8 N–H and O–H groups in total. The molecule has 0 bridgehead atoms. The topological polar surface area (TPSA) is 280 Å². The van der Waals surface area contributed by atoms with Gasteiger partial charge in [0.25, 0.3) is 0 Å². The molecular formula is C12H17N5O12P4. The van der Waals surface area contributed by atoms with Gasteiger partial charge in [0.15, 0.2) is 5.82 Å². The minimum atomic E-state index is -5.63. The summed E-state index contributed by atoms with van der Waals surface area (Å²) in [6.07, 6.45) is -4.53. The monoisotopic (exact) mass is 547 g/mol. The van der Waals surface area contributed by atoms with Gasteiger partial charge in [-0.1, -0.05) is 0 Å².